The van der Waals surface area contributed by atoms with Crippen LogP contribution in [-0.2, 0) is 14.3 Å². The topological polar surface area (TPSA) is 105 Å². The molecule has 2 aliphatic carbocycles. The van der Waals surface area contributed by atoms with E-state index in [1.54, 1.807) is 13.8 Å². The van der Waals surface area contributed by atoms with Crippen LogP contribution in [0.3, 0.4) is 0 Å². The highest BCUT2D eigenvalue weighted by Gasteiger charge is 2.36. The number of carbonyl (C=O) groups excluding carboxylic acids is 2. The maximum atomic E-state index is 12.9. The van der Waals surface area contributed by atoms with Crippen LogP contribution < -0.4 is 10.6 Å². The standard InChI is InChI=1S/C26H30N2O5/c1-26(2,24(31)27-22(14-23(29)30)16-8-7-9-16)28-25(32)33-15-21-19-12-5-3-10-17(19)18-11-4-6-13-20(18)21/h3-6,10-13,16,21-22H,7-9,14-15H2,1-2H3,(H,27,31)(H,28,32)(H,29,30). The number of hydrogen-bond acceptors (Lipinski definition) is 4. The minimum atomic E-state index is -1.25. The average molecular weight is 451 g/mol. The molecule has 0 heterocycles. The highest BCUT2D eigenvalue weighted by atomic mass is 16.5. The molecule has 0 aromatic heterocycles. The monoisotopic (exact) mass is 450 g/mol. The lowest BCUT2D eigenvalue weighted by molar-refractivity contribution is -0.138. The fourth-order valence-electron chi connectivity index (χ4n) is 4.66. The van der Waals surface area contributed by atoms with E-state index in [1.807, 2.05) is 36.4 Å². The van der Waals surface area contributed by atoms with Gasteiger partial charge in [-0.25, -0.2) is 4.79 Å². The van der Waals surface area contributed by atoms with E-state index in [-0.39, 0.29) is 24.9 Å². The van der Waals surface area contributed by atoms with Gasteiger partial charge in [0.15, 0.2) is 0 Å². The van der Waals surface area contributed by atoms with Crippen LogP contribution in [-0.4, -0.2) is 41.3 Å². The van der Waals surface area contributed by atoms with Gasteiger partial charge in [0, 0.05) is 12.0 Å². The molecule has 2 aromatic rings. The SMILES string of the molecule is CC(C)(NC(=O)OCC1c2ccccc2-c2ccccc21)C(=O)NC(CC(=O)O)C1CCC1. The Morgan fingerprint density at radius 2 is 1.61 bits per heavy atom. The fraction of sp³-hybridized carbons (Fsp3) is 0.423. The zero-order valence-corrected chi connectivity index (χ0v) is 19.0. The smallest absolute Gasteiger partial charge is 0.408 e. The van der Waals surface area contributed by atoms with Crippen molar-refractivity contribution >= 4 is 18.0 Å². The largest absolute Gasteiger partial charge is 0.481 e. The second-order valence-electron chi connectivity index (χ2n) is 9.44. The number of fused-ring (bicyclic) bond motifs is 3. The molecule has 3 N–H and O–H groups in total. The first-order chi connectivity index (χ1) is 15.8. The second-order valence-corrected chi connectivity index (χ2v) is 9.44. The normalized spacial score (nSPS) is 16.2. The molecule has 2 aliphatic rings. The van der Waals surface area contributed by atoms with Gasteiger partial charge >= 0.3 is 12.1 Å². The van der Waals surface area contributed by atoms with Crippen LogP contribution in [0.25, 0.3) is 11.1 Å². The number of hydrogen-bond donors (Lipinski definition) is 3. The predicted molar refractivity (Wildman–Crippen MR) is 124 cm³/mol. The molecule has 2 amide bonds. The molecular formula is C26H30N2O5. The zero-order valence-electron chi connectivity index (χ0n) is 19.0. The van der Waals surface area contributed by atoms with Crippen LogP contribution in [0.5, 0.6) is 0 Å². The first-order valence-corrected chi connectivity index (χ1v) is 11.4. The van der Waals surface area contributed by atoms with Gasteiger partial charge in [0.2, 0.25) is 5.91 Å². The van der Waals surface area contributed by atoms with E-state index in [1.165, 1.54) is 0 Å². The lowest BCUT2D eigenvalue weighted by Crippen LogP contribution is -2.58. The maximum Gasteiger partial charge on any atom is 0.408 e. The number of alkyl carbamates (subject to hydrolysis) is 1. The third-order valence-electron chi connectivity index (χ3n) is 6.76. The van der Waals surface area contributed by atoms with E-state index < -0.39 is 29.6 Å². The number of carboxylic acid groups (broad SMARTS) is 1. The Kier molecular flexibility index (Phi) is 6.40. The van der Waals surface area contributed by atoms with Crippen LogP contribution >= 0.6 is 0 Å². The summed E-state index contributed by atoms with van der Waals surface area (Å²) in [7, 11) is 0. The molecule has 4 rings (SSSR count). The van der Waals surface area contributed by atoms with Crippen LogP contribution in [0, 0.1) is 5.92 Å². The maximum absolute atomic E-state index is 12.9. The molecular weight excluding hydrogens is 420 g/mol. The fourth-order valence-corrected chi connectivity index (χ4v) is 4.66. The number of benzene rings is 2. The molecule has 2 aromatic carbocycles. The minimum Gasteiger partial charge on any atom is -0.481 e. The molecule has 1 unspecified atom stereocenters. The molecule has 7 heteroatoms. The molecule has 174 valence electrons. The zero-order chi connectivity index (χ0) is 23.6. The first-order valence-electron chi connectivity index (χ1n) is 11.4. The molecule has 1 saturated carbocycles. The molecule has 1 fully saturated rings. The van der Waals surface area contributed by atoms with Crippen molar-refractivity contribution in [3.63, 3.8) is 0 Å². The summed E-state index contributed by atoms with van der Waals surface area (Å²) in [4.78, 5) is 36.7. The van der Waals surface area contributed by atoms with Gasteiger partial charge in [-0.3, -0.25) is 9.59 Å². The summed E-state index contributed by atoms with van der Waals surface area (Å²) in [6, 6.07) is 15.7. The highest BCUT2D eigenvalue weighted by molar-refractivity contribution is 5.89. The number of amides is 2. The van der Waals surface area contributed by atoms with Crippen molar-refractivity contribution in [1.29, 1.82) is 0 Å². The lowest BCUT2D eigenvalue weighted by Gasteiger charge is -2.35. The van der Waals surface area contributed by atoms with Gasteiger partial charge in [0.05, 0.1) is 6.42 Å². The molecule has 33 heavy (non-hydrogen) atoms. The Hall–Kier alpha value is -3.35. The minimum absolute atomic E-state index is 0.0707. The van der Waals surface area contributed by atoms with Crippen LogP contribution in [0.2, 0.25) is 0 Å². The summed E-state index contributed by atoms with van der Waals surface area (Å²) in [6.07, 6.45) is 2.03. The molecule has 0 bridgehead atoms. The number of aliphatic carboxylic acids is 1. The van der Waals surface area contributed by atoms with Gasteiger partial charge in [-0.2, -0.15) is 0 Å². The third kappa shape index (κ3) is 4.87. The summed E-state index contributed by atoms with van der Waals surface area (Å²) in [5, 5.41) is 14.7. The van der Waals surface area contributed by atoms with E-state index in [2.05, 4.69) is 22.8 Å². The Morgan fingerprint density at radius 1 is 1.03 bits per heavy atom. The summed E-state index contributed by atoms with van der Waals surface area (Å²) >= 11 is 0. The second kappa shape index (κ2) is 9.25. The van der Waals surface area contributed by atoms with Crippen molar-refractivity contribution in [2.75, 3.05) is 6.61 Å². The van der Waals surface area contributed by atoms with Crippen molar-refractivity contribution in [2.24, 2.45) is 5.92 Å². The van der Waals surface area contributed by atoms with E-state index in [9.17, 15) is 19.5 Å². The molecule has 0 spiro atoms. The van der Waals surface area contributed by atoms with Crippen LogP contribution in [0.4, 0.5) is 4.79 Å². The van der Waals surface area contributed by atoms with E-state index in [0.717, 1.165) is 41.5 Å². The summed E-state index contributed by atoms with van der Waals surface area (Å²) in [6.45, 7) is 3.33. The predicted octanol–water partition coefficient (Wildman–Crippen LogP) is 4.06. The number of rotatable bonds is 8. The van der Waals surface area contributed by atoms with Crippen molar-refractivity contribution in [2.45, 2.75) is 57.0 Å². The Labute approximate surface area is 193 Å². The summed E-state index contributed by atoms with van der Waals surface area (Å²) < 4.78 is 5.55. The first kappa shape index (κ1) is 22.8. The van der Waals surface area contributed by atoms with Crippen LogP contribution in [0.1, 0.15) is 56.6 Å². The molecule has 1 atom stereocenters. The van der Waals surface area contributed by atoms with Crippen molar-refractivity contribution in [3.05, 3.63) is 59.7 Å². The Balaban J connectivity index is 1.37. The van der Waals surface area contributed by atoms with Gasteiger partial charge in [-0.15, -0.1) is 0 Å². The number of carbonyl (C=O) groups is 3. The van der Waals surface area contributed by atoms with Crippen molar-refractivity contribution < 1.29 is 24.2 Å². The van der Waals surface area contributed by atoms with Crippen molar-refractivity contribution in [1.82, 2.24) is 10.6 Å². The average Bonchev–Trinajstić information content (AvgIpc) is 3.04. The van der Waals surface area contributed by atoms with E-state index in [0.29, 0.717) is 0 Å². The lowest BCUT2D eigenvalue weighted by atomic mass is 9.78. The summed E-state index contributed by atoms with van der Waals surface area (Å²) in [5.74, 6) is -1.28. The summed E-state index contributed by atoms with van der Waals surface area (Å²) in [5.41, 5.74) is 3.26. The van der Waals surface area contributed by atoms with Gasteiger partial charge in [0.25, 0.3) is 0 Å². The van der Waals surface area contributed by atoms with Gasteiger partial charge < -0.3 is 20.5 Å². The van der Waals surface area contributed by atoms with Gasteiger partial charge in [0.1, 0.15) is 12.1 Å². The Morgan fingerprint density at radius 3 is 2.12 bits per heavy atom. The molecule has 0 aliphatic heterocycles. The number of ether oxygens (including phenoxy) is 1. The van der Waals surface area contributed by atoms with Crippen LogP contribution in [0.15, 0.2) is 48.5 Å². The molecule has 0 radical (unpaired) electrons. The van der Waals surface area contributed by atoms with Crippen molar-refractivity contribution in [3.8, 4) is 11.1 Å². The molecule has 7 nitrogen and oxygen atoms in total. The van der Waals surface area contributed by atoms with E-state index in [4.69, 9.17) is 4.74 Å². The quantitative estimate of drug-likeness (QED) is 0.563. The van der Waals surface area contributed by atoms with E-state index >= 15 is 0 Å². The number of carboxylic acids is 1. The Bertz CT molecular complexity index is 1010. The highest BCUT2D eigenvalue weighted by Crippen LogP contribution is 2.44. The molecule has 0 saturated heterocycles. The number of nitrogens with one attached hydrogen (secondary N) is 2. The third-order valence-corrected chi connectivity index (χ3v) is 6.76. The van der Waals surface area contributed by atoms with Gasteiger partial charge in [-0.05, 0) is 54.9 Å². The van der Waals surface area contributed by atoms with Gasteiger partial charge in [-0.1, -0.05) is 55.0 Å².